The number of hydrogen-bond donors (Lipinski definition) is 0. The van der Waals surface area contributed by atoms with Crippen molar-refractivity contribution >= 4 is 11.4 Å². The van der Waals surface area contributed by atoms with E-state index in [1.165, 1.54) is 11.1 Å². The number of para-hydroxylation sites is 2. The highest BCUT2D eigenvalue weighted by atomic mass is 16.5. The van der Waals surface area contributed by atoms with Crippen LogP contribution in [0.2, 0.25) is 0 Å². The molecule has 5 nitrogen and oxygen atoms in total. The predicted molar refractivity (Wildman–Crippen MR) is 175 cm³/mol. The number of nitrogens with zero attached hydrogens (tertiary/aromatic N) is 4. The van der Waals surface area contributed by atoms with Gasteiger partial charge >= 0.3 is 0 Å². The minimum Gasteiger partial charge on any atom is -0.472 e. The Labute approximate surface area is 252 Å². The maximum atomic E-state index is 7.39. The number of rotatable bonds is 4. The molecule has 1 aliphatic carbocycles. The first-order valence-corrected chi connectivity index (χ1v) is 14.6. The summed E-state index contributed by atoms with van der Waals surface area (Å²) in [6.45, 7) is 0. The molecule has 5 heteroatoms. The van der Waals surface area contributed by atoms with Crippen LogP contribution in [-0.4, -0.2) is 38.0 Å². The van der Waals surface area contributed by atoms with Crippen LogP contribution >= 0.6 is 0 Å². The number of hydrogen-bond acceptors (Lipinski definition) is 4. The number of fused-ring (bicyclic) bond motifs is 9. The zero-order valence-corrected chi connectivity index (χ0v) is 24.7. The van der Waals surface area contributed by atoms with Crippen LogP contribution in [0.1, 0.15) is 16.7 Å². The summed E-state index contributed by atoms with van der Waals surface area (Å²) in [5, 5.41) is 5.41. The smallest absolute Gasteiger partial charge is 0.190 e. The van der Waals surface area contributed by atoms with Gasteiger partial charge in [-0.2, -0.15) is 5.10 Å². The van der Waals surface area contributed by atoms with Crippen molar-refractivity contribution in [3.8, 4) is 45.1 Å². The molecule has 210 valence electrons. The van der Waals surface area contributed by atoms with Gasteiger partial charge in [0.05, 0.1) is 16.9 Å². The van der Waals surface area contributed by atoms with Crippen LogP contribution < -0.4 is 14.5 Å². The fourth-order valence-corrected chi connectivity index (χ4v) is 6.73. The van der Waals surface area contributed by atoms with Gasteiger partial charge in [-0.25, -0.2) is 4.68 Å². The van der Waals surface area contributed by atoms with Gasteiger partial charge in [-0.05, 0) is 59.7 Å². The van der Waals surface area contributed by atoms with Gasteiger partial charge < -0.3 is 14.5 Å². The van der Waals surface area contributed by atoms with Gasteiger partial charge in [-0.15, -0.1) is 0 Å². The number of benzene rings is 5. The molecule has 0 saturated heterocycles. The molecule has 43 heavy (non-hydrogen) atoms. The molecule has 8 rings (SSSR count). The van der Waals surface area contributed by atoms with E-state index in [1.54, 1.807) is 0 Å². The Morgan fingerprint density at radius 3 is 1.77 bits per heavy atom. The Kier molecular flexibility index (Phi) is 5.54. The van der Waals surface area contributed by atoms with E-state index in [1.807, 2.05) is 6.07 Å². The molecule has 0 unspecified atom stereocenters. The monoisotopic (exact) mass is 560 g/mol. The van der Waals surface area contributed by atoms with Crippen LogP contribution in [0.15, 0.2) is 121 Å². The summed E-state index contributed by atoms with van der Waals surface area (Å²) in [6, 6.07) is 42.8. The van der Waals surface area contributed by atoms with Gasteiger partial charge in [0.1, 0.15) is 11.4 Å². The first-order chi connectivity index (χ1) is 21.0. The van der Waals surface area contributed by atoms with E-state index < -0.39 is 5.60 Å². The zero-order chi connectivity index (χ0) is 29.3. The second-order valence-electron chi connectivity index (χ2n) is 11.7. The van der Waals surface area contributed by atoms with Crippen molar-refractivity contribution in [1.82, 2.24) is 9.78 Å². The van der Waals surface area contributed by atoms with E-state index in [9.17, 15) is 0 Å². The molecular weight excluding hydrogens is 528 g/mol. The molecule has 2 heterocycles. The third-order valence-corrected chi connectivity index (χ3v) is 8.78. The summed E-state index contributed by atoms with van der Waals surface area (Å²) in [5.74, 6) is 0.846. The Hall–Kier alpha value is -5.29. The summed E-state index contributed by atoms with van der Waals surface area (Å²) < 4.78 is 9.50. The molecule has 0 bridgehead atoms. The second-order valence-corrected chi connectivity index (χ2v) is 11.7. The topological polar surface area (TPSA) is 33.5 Å². The summed E-state index contributed by atoms with van der Waals surface area (Å²) >= 11 is 0. The second kappa shape index (κ2) is 9.36. The summed E-state index contributed by atoms with van der Waals surface area (Å²) in [7, 11) is 8.36. The van der Waals surface area contributed by atoms with Gasteiger partial charge in [-0.3, -0.25) is 0 Å². The van der Waals surface area contributed by atoms with Gasteiger partial charge in [0.2, 0.25) is 0 Å². The van der Waals surface area contributed by atoms with Crippen molar-refractivity contribution in [2.75, 3.05) is 38.0 Å². The first kappa shape index (κ1) is 25.4. The van der Waals surface area contributed by atoms with Crippen LogP contribution in [0.25, 0.3) is 39.3 Å². The Balaban J connectivity index is 1.55. The van der Waals surface area contributed by atoms with Crippen molar-refractivity contribution < 1.29 is 4.74 Å². The molecule has 1 aliphatic heterocycles. The highest BCUT2D eigenvalue weighted by molar-refractivity contribution is 5.93. The predicted octanol–water partition coefficient (Wildman–Crippen LogP) is 8.00. The molecule has 0 fully saturated rings. The molecule has 0 radical (unpaired) electrons. The molecular formula is C38H32N4O. The fourth-order valence-electron chi connectivity index (χ4n) is 6.73. The average Bonchev–Trinajstić information content (AvgIpc) is 3.57. The molecule has 1 aromatic heterocycles. The Morgan fingerprint density at radius 2 is 1.16 bits per heavy atom. The zero-order valence-electron chi connectivity index (χ0n) is 24.7. The first-order valence-electron chi connectivity index (χ1n) is 14.6. The fraction of sp³-hybridized carbons (Fsp3) is 0.132. The van der Waals surface area contributed by atoms with Crippen molar-refractivity contribution in [1.29, 1.82) is 0 Å². The maximum absolute atomic E-state index is 7.39. The van der Waals surface area contributed by atoms with Crippen LogP contribution in [0.4, 0.5) is 11.4 Å². The lowest BCUT2D eigenvalue weighted by atomic mass is 9.78. The molecule has 0 saturated carbocycles. The van der Waals surface area contributed by atoms with Gasteiger partial charge in [0.15, 0.2) is 5.60 Å². The van der Waals surface area contributed by atoms with E-state index in [-0.39, 0.29) is 0 Å². The molecule has 6 aromatic rings. The van der Waals surface area contributed by atoms with Gasteiger partial charge in [0.25, 0.3) is 0 Å². The van der Waals surface area contributed by atoms with Crippen LogP contribution in [0.5, 0.6) is 5.75 Å². The number of anilines is 2. The number of aromatic nitrogens is 2. The number of ether oxygens (including phenoxy) is 1. The molecule has 0 N–H and O–H groups in total. The van der Waals surface area contributed by atoms with Crippen molar-refractivity contribution in [2.24, 2.45) is 0 Å². The standard InChI is InChI=1S/C38H32N4O/c1-40(2)27-19-21-32-30(23-27)31-24-28(41(3)4)20-22-33(31)38(32)35-36(25-13-7-5-8-14-25)39-42(26-15-9-6-10-16-26)37(35)29-17-11-12-18-34(29)43-38/h5-24H,1-4H3. The summed E-state index contributed by atoms with van der Waals surface area (Å²) in [6.07, 6.45) is 0. The Bertz CT molecular complexity index is 1950. The summed E-state index contributed by atoms with van der Waals surface area (Å²) in [4.78, 5) is 4.32. The lowest BCUT2D eigenvalue weighted by Gasteiger charge is -2.38. The SMILES string of the molecule is CN(C)c1ccc2c(c1)-c1cc(N(C)C)ccc1C21Oc2ccccc2-c2c1c(-c1ccccc1)nn2-c1ccccc1. The largest absolute Gasteiger partial charge is 0.472 e. The average molecular weight is 561 g/mol. The molecule has 2 aliphatic rings. The van der Waals surface area contributed by atoms with Crippen LogP contribution in [0.3, 0.4) is 0 Å². The lowest BCUT2D eigenvalue weighted by Crippen LogP contribution is -2.37. The van der Waals surface area contributed by atoms with E-state index in [0.29, 0.717) is 0 Å². The highest BCUT2D eigenvalue weighted by Crippen LogP contribution is 2.61. The van der Waals surface area contributed by atoms with Crippen molar-refractivity contribution in [2.45, 2.75) is 5.60 Å². The van der Waals surface area contributed by atoms with E-state index >= 15 is 0 Å². The highest BCUT2D eigenvalue weighted by Gasteiger charge is 2.54. The van der Waals surface area contributed by atoms with Gasteiger partial charge in [-0.1, -0.05) is 72.8 Å². The minimum atomic E-state index is -0.901. The van der Waals surface area contributed by atoms with E-state index in [4.69, 9.17) is 9.84 Å². The maximum Gasteiger partial charge on any atom is 0.190 e. The third-order valence-electron chi connectivity index (χ3n) is 8.78. The third kappa shape index (κ3) is 3.61. The molecule has 5 aromatic carbocycles. The molecule has 0 atom stereocenters. The normalized spacial score (nSPS) is 13.5. The summed E-state index contributed by atoms with van der Waals surface area (Å²) in [5.41, 5.74) is 12.2. The quantitative estimate of drug-likeness (QED) is 0.219. The van der Waals surface area contributed by atoms with Crippen molar-refractivity contribution in [3.05, 3.63) is 138 Å². The molecule has 1 spiro atoms. The lowest BCUT2D eigenvalue weighted by molar-refractivity contribution is 0.157. The van der Waals surface area contributed by atoms with Crippen LogP contribution in [0, 0.1) is 0 Å². The van der Waals surface area contributed by atoms with E-state index in [2.05, 4.69) is 158 Å². The van der Waals surface area contributed by atoms with Crippen LogP contribution in [-0.2, 0) is 5.60 Å². The minimum absolute atomic E-state index is 0.846. The molecule has 0 amide bonds. The Morgan fingerprint density at radius 1 is 0.605 bits per heavy atom. The van der Waals surface area contributed by atoms with E-state index in [0.717, 1.165) is 62.0 Å². The van der Waals surface area contributed by atoms with Gasteiger partial charge in [0, 0.05) is 61.8 Å². The van der Waals surface area contributed by atoms with Crippen molar-refractivity contribution in [3.63, 3.8) is 0 Å².